The standard InChI is InChI=1S/C11H22OS/c1-5-10(6-2)11(12)8-13-7-9(3)4/h9-10H,5-8H2,1-4H3. The van der Waals surface area contributed by atoms with Gasteiger partial charge < -0.3 is 0 Å². The predicted octanol–water partition coefficient (Wildman–Crippen LogP) is 3.38. The summed E-state index contributed by atoms with van der Waals surface area (Å²) in [4.78, 5) is 11.6. The summed E-state index contributed by atoms with van der Waals surface area (Å²) in [6.07, 6.45) is 2.00. The fourth-order valence-corrected chi connectivity index (χ4v) is 2.28. The lowest BCUT2D eigenvalue weighted by Gasteiger charge is -2.10. The van der Waals surface area contributed by atoms with Crippen molar-refractivity contribution in [2.45, 2.75) is 40.5 Å². The van der Waals surface area contributed by atoms with E-state index in [1.807, 2.05) is 0 Å². The first-order valence-corrected chi connectivity index (χ1v) is 6.37. The number of thioether (sulfide) groups is 1. The SMILES string of the molecule is CCC(CC)C(=O)CSCC(C)C. The van der Waals surface area contributed by atoms with E-state index in [9.17, 15) is 4.79 Å². The molecule has 78 valence electrons. The fourth-order valence-electron chi connectivity index (χ4n) is 1.26. The first-order chi connectivity index (χ1) is 6.11. The maximum atomic E-state index is 11.6. The van der Waals surface area contributed by atoms with Crippen LogP contribution >= 0.6 is 11.8 Å². The molecule has 0 N–H and O–H groups in total. The first-order valence-electron chi connectivity index (χ1n) is 5.22. The van der Waals surface area contributed by atoms with Gasteiger partial charge in [0.15, 0.2) is 0 Å². The van der Waals surface area contributed by atoms with Crippen LogP contribution in [0.25, 0.3) is 0 Å². The number of hydrogen-bond acceptors (Lipinski definition) is 2. The van der Waals surface area contributed by atoms with E-state index >= 15 is 0 Å². The summed E-state index contributed by atoms with van der Waals surface area (Å²) in [5.41, 5.74) is 0. The number of hydrogen-bond donors (Lipinski definition) is 0. The van der Waals surface area contributed by atoms with Crippen LogP contribution in [0, 0.1) is 11.8 Å². The van der Waals surface area contributed by atoms with E-state index in [0.717, 1.165) is 18.6 Å². The highest BCUT2D eigenvalue weighted by Crippen LogP contribution is 2.14. The van der Waals surface area contributed by atoms with Gasteiger partial charge in [-0.25, -0.2) is 0 Å². The summed E-state index contributed by atoms with van der Waals surface area (Å²) in [6.45, 7) is 8.57. The monoisotopic (exact) mass is 202 g/mol. The molecule has 0 aromatic heterocycles. The molecule has 13 heavy (non-hydrogen) atoms. The number of carbonyl (C=O) groups is 1. The molecular weight excluding hydrogens is 180 g/mol. The van der Waals surface area contributed by atoms with E-state index in [2.05, 4.69) is 27.7 Å². The van der Waals surface area contributed by atoms with Gasteiger partial charge in [-0.1, -0.05) is 27.7 Å². The van der Waals surface area contributed by atoms with Crippen molar-refractivity contribution in [1.29, 1.82) is 0 Å². The van der Waals surface area contributed by atoms with Gasteiger partial charge in [-0.15, -0.1) is 0 Å². The molecule has 0 aliphatic heterocycles. The Kier molecular flexibility index (Phi) is 7.44. The summed E-state index contributed by atoms with van der Waals surface area (Å²) >= 11 is 1.78. The summed E-state index contributed by atoms with van der Waals surface area (Å²) < 4.78 is 0. The van der Waals surface area contributed by atoms with Crippen LogP contribution < -0.4 is 0 Å². The van der Waals surface area contributed by atoms with Crippen molar-refractivity contribution in [3.05, 3.63) is 0 Å². The Morgan fingerprint density at radius 3 is 2.15 bits per heavy atom. The topological polar surface area (TPSA) is 17.1 Å². The zero-order chi connectivity index (χ0) is 10.3. The van der Waals surface area contributed by atoms with Crippen LogP contribution in [0.1, 0.15) is 40.5 Å². The fraction of sp³-hybridized carbons (Fsp3) is 0.909. The third kappa shape index (κ3) is 6.14. The van der Waals surface area contributed by atoms with Crippen molar-refractivity contribution >= 4 is 17.5 Å². The van der Waals surface area contributed by atoms with E-state index in [-0.39, 0.29) is 0 Å². The van der Waals surface area contributed by atoms with Crippen molar-refractivity contribution in [3.63, 3.8) is 0 Å². The second kappa shape index (κ2) is 7.43. The Morgan fingerprint density at radius 2 is 1.77 bits per heavy atom. The second-order valence-electron chi connectivity index (χ2n) is 3.89. The minimum atomic E-state index is 0.305. The molecular formula is C11H22OS. The molecule has 0 bridgehead atoms. The number of Topliss-reactive ketones (excluding diaryl/α,β-unsaturated/α-hetero) is 1. The lowest BCUT2D eigenvalue weighted by atomic mass is 10.00. The Morgan fingerprint density at radius 1 is 1.23 bits per heavy atom. The first kappa shape index (κ1) is 13.0. The zero-order valence-electron chi connectivity index (χ0n) is 9.30. The van der Waals surface area contributed by atoms with Crippen LogP contribution in [0.15, 0.2) is 0 Å². The molecule has 2 heteroatoms. The minimum Gasteiger partial charge on any atom is -0.298 e. The number of rotatable bonds is 7. The van der Waals surface area contributed by atoms with E-state index in [0.29, 0.717) is 23.4 Å². The molecule has 0 unspecified atom stereocenters. The second-order valence-corrected chi connectivity index (χ2v) is 4.92. The quantitative estimate of drug-likeness (QED) is 0.629. The van der Waals surface area contributed by atoms with Crippen molar-refractivity contribution in [2.75, 3.05) is 11.5 Å². The molecule has 0 atom stereocenters. The van der Waals surface area contributed by atoms with Gasteiger partial charge in [0.1, 0.15) is 5.78 Å². The molecule has 0 aliphatic rings. The van der Waals surface area contributed by atoms with Crippen molar-refractivity contribution < 1.29 is 4.79 Å². The summed E-state index contributed by atoms with van der Waals surface area (Å²) in [5.74, 6) is 3.26. The van der Waals surface area contributed by atoms with Crippen LogP contribution in [-0.4, -0.2) is 17.3 Å². The van der Waals surface area contributed by atoms with Gasteiger partial charge >= 0.3 is 0 Å². The average Bonchev–Trinajstić information content (AvgIpc) is 2.05. The van der Waals surface area contributed by atoms with Gasteiger partial charge in [-0.3, -0.25) is 4.79 Å². The van der Waals surface area contributed by atoms with E-state index in [1.54, 1.807) is 11.8 Å². The van der Waals surface area contributed by atoms with Gasteiger partial charge in [0.25, 0.3) is 0 Å². The predicted molar refractivity (Wildman–Crippen MR) is 61.2 cm³/mol. The van der Waals surface area contributed by atoms with Gasteiger partial charge in [-0.2, -0.15) is 11.8 Å². The Balaban J connectivity index is 3.60. The average molecular weight is 202 g/mol. The largest absolute Gasteiger partial charge is 0.298 e. The van der Waals surface area contributed by atoms with Crippen LogP contribution in [0.2, 0.25) is 0 Å². The molecule has 0 amide bonds. The van der Waals surface area contributed by atoms with Gasteiger partial charge in [0.05, 0.1) is 5.75 Å². The summed E-state index contributed by atoms with van der Waals surface area (Å²) in [6, 6.07) is 0. The zero-order valence-corrected chi connectivity index (χ0v) is 10.1. The smallest absolute Gasteiger partial charge is 0.145 e. The highest BCUT2D eigenvalue weighted by atomic mass is 32.2. The molecule has 1 nitrogen and oxygen atoms in total. The van der Waals surface area contributed by atoms with E-state index < -0.39 is 0 Å². The Labute approximate surface area is 86.7 Å². The minimum absolute atomic E-state index is 0.305. The Bertz CT molecular complexity index is 139. The van der Waals surface area contributed by atoms with E-state index in [4.69, 9.17) is 0 Å². The maximum Gasteiger partial charge on any atom is 0.145 e. The molecule has 0 saturated carbocycles. The maximum absolute atomic E-state index is 11.6. The lowest BCUT2D eigenvalue weighted by Crippen LogP contribution is -2.15. The lowest BCUT2D eigenvalue weighted by molar-refractivity contribution is -0.120. The van der Waals surface area contributed by atoms with Gasteiger partial charge in [0.2, 0.25) is 0 Å². The Hall–Kier alpha value is 0.0200. The molecule has 0 aliphatic carbocycles. The number of ketones is 1. The van der Waals surface area contributed by atoms with Crippen molar-refractivity contribution in [1.82, 2.24) is 0 Å². The normalized spacial score (nSPS) is 11.2. The molecule has 0 radical (unpaired) electrons. The van der Waals surface area contributed by atoms with Crippen molar-refractivity contribution in [3.8, 4) is 0 Å². The highest BCUT2D eigenvalue weighted by molar-refractivity contribution is 7.99. The molecule has 0 spiro atoms. The van der Waals surface area contributed by atoms with Crippen LogP contribution in [0.3, 0.4) is 0 Å². The molecule has 0 saturated heterocycles. The molecule has 0 aromatic rings. The third-order valence-electron chi connectivity index (χ3n) is 2.14. The highest BCUT2D eigenvalue weighted by Gasteiger charge is 2.13. The summed E-state index contributed by atoms with van der Waals surface area (Å²) in [5, 5.41) is 0. The third-order valence-corrected chi connectivity index (χ3v) is 3.53. The van der Waals surface area contributed by atoms with Crippen LogP contribution in [0.4, 0.5) is 0 Å². The van der Waals surface area contributed by atoms with Gasteiger partial charge in [0, 0.05) is 5.92 Å². The van der Waals surface area contributed by atoms with Crippen LogP contribution in [0.5, 0.6) is 0 Å². The molecule has 0 rings (SSSR count). The molecule has 0 heterocycles. The summed E-state index contributed by atoms with van der Waals surface area (Å²) in [7, 11) is 0. The van der Waals surface area contributed by atoms with Crippen molar-refractivity contribution in [2.24, 2.45) is 11.8 Å². The van der Waals surface area contributed by atoms with Crippen LogP contribution in [-0.2, 0) is 4.79 Å². The molecule has 0 fully saturated rings. The molecule has 0 aromatic carbocycles. The van der Waals surface area contributed by atoms with Gasteiger partial charge in [-0.05, 0) is 24.5 Å². The van der Waals surface area contributed by atoms with E-state index in [1.165, 1.54) is 0 Å². The number of carbonyl (C=O) groups excluding carboxylic acids is 1.